The number of carbonyl (C=O) groups excluding carboxylic acids is 3. The number of benzene rings is 3. The minimum atomic E-state index is -5.09. The highest BCUT2D eigenvalue weighted by atomic mass is 19.4. The van der Waals surface area contributed by atoms with Crippen LogP contribution in [0.5, 0.6) is 17.2 Å². The maximum Gasteiger partial charge on any atom is 0.586 e. The molecule has 10 nitrogen and oxygen atoms in total. The Morgan fingerprint density at radius 3 is 2.30 bits per heavy atom. The number of nitrogens with zero attached hydrogens (tertiary/aromatic N) is 1. The van der Waals surface area contributed by atoms with Crippen LogP contribution in [0.4, 0.5) is 37.7 Å². The molecular weight excluding hydrogens is 604 g/mol. The van der Waals surface area contributed by atoms with Crippen LogP contribution in [-0.2, 0) is 6.18 Å². The van der Waals surface area contributed by atoms with Gasteiger partial charge in [-0.15, -0.1) is 8.78 Å². The molecule has 0 saturated carbocycles. The van der Waals surface area contributed by atoms with Crippen molar-refractivity contribution in [2.75, 3.05) is 30.8 Å². The molecule has 2 aliphatic heterocycles. The van der Waals surface area contributed by atoms with E-state index in [1.54, 1.807) is 0 Å². The first-order valence-electron chi connectivity index (χ1n) is 12.7. The molecule has 0 bridgehead atoms. The molecule has 0 aliphatic carbocycles. The highest BCUT2D eigenvalue weighted by Crippen LogP contribution is 2.44. The summed E-state index contributed by atoms with van der Waals surface area (Å²) >= 11 is 0. The van der Waals surface area contributed by atoms with Crippen molar-refractivity contribution in [1.82, 2.24) is 4.90 Å². The Hall–Kier alpha value is -4.99. The monoisotopic (exact) mass is 625 g/mol. The smallest absolute Gasteiger partial charge is 0.496 e. The van der Waals surface area contributed by atoms with Gasteiger partial charge in [0.05, 0.1) is 35.6 Å². The second-order valence-corrected chi connectivity index (χ2v) is 9.72. The number of likely N-dealkylation sites (tertiary alicyclic amines) is 1. The van der Waals surface area contributed by atoms with Crippen molar-refractivity contribution in [1.29, 1.82) is 0 Å². The molecule has 0 unspecified atom stereocenters. The summed E-state index contributed by atoms with van der Waals surface area (Å²) in [7, 11) is 1.24. The summed E-state index contributed by atoms with van der Waals surface area (Å²) in [5.41, 5.74) is -3.30. The van der Waals surface area contributed by atoms with Crippen LogP contribution in [0.15, 0.2) is 48.5 Å². The molecular formula is C28H21F6N3O7. The third kappa shape index (κ3) is 6.20. The lowest BCUT2D eigenvalue weighted by Gasteiger charge is -2.17. The molecule has 0 aromatic heterocycles. The van der Waals surface area contributed by atoms with Crippen molar-refractivity contribution in [2.24, 2.45) is 0 Å². The molecule has 1 atom stereocenters. The third-order valence-electron chi connectivity index (χ3n) is 6.71. The van der Waals surface area contributed by atoms with E-state index in [1.807, 2.05) is 0 Å². The molecule has 2 aliphatic rings. The number of rotatable bonds is 6. The van der Waals surface area contributed by atoms with Crippen LogP contribution < -0.4 is 24.8 Å². The van der Waals surface area contributed by atoms with Crippen LogP contribution >= 0.6 is 0 Å². The van der Waals surface area contributed by atoms with Gasteiger partial charge in [0.25, 0.3) is 17.7 Å². The zero-order valence-electron chi connectivity index (χ0n) is 22.4. The van der Waals surface area contributed by atoms with E-state index in [1.165, 1.54) is 30.2 Å². The van der Waals surface area contributed by atoms with Crippen LogP contribution in [0.25, 0.3) is 0 Å². The van der Waals surface area contributed by atoms with E-state index < -0.39 is 76.1 Å². The maximum atomic E-state index is 13.8. The Bertz CT molecular complexity index is 1660. The first kappa shape index (κ1) is 30.5. The summed E-state index contributed by atoms with van der Waals surface area (Å²) in [4.78, 5) is 40.9. The number of aliphatic hydroxyl groups is 1. The van der Waals surface area contributed by atoms with Crippen molar-refractivity contribution in [3.8, 4) is 17.2 Å². The Labute approximate surface area is 244 Å². The normalized spacial score (nSPS) is 16.9. The van der Waals surface area contributed by atoms with Gasteiger partial charge >= 0.3 is 12.5 Å². The van der Waals surface area contributed by atoms with Crippen LogP contribution in [0, 0.1) is 5.82 Å². The molecule has 3 N–H and O–H groups in total. The Kier molecular flexibility index (Phi) is 7.79. The van der Waals surface area contributed by atoms with E-state index in [0.717, 1.165) is 18.2 Å². The number of amides is 3. The number of hydrogen-bond donors (Lipinski definition) is 3. The first-order valence-corrected chi connectivity index (χ1v) is 12.7. The molecule has 44 heavy (non-hydrogen) atoms. The van der Waals surface area contributed by atoms with Gasteiger partial charge in [0.2, 0.25) is 0 Å². The zero-order valence-corrected chi connectivity index (χ0v) is 22.4. The summed E-state index contributed by atoms with van der Waals surface area (Å²) < 4.78 is 94.9. The van der Waals surface area contributed by atoms with Crippen LogP contribution in [0.3, 0.4) is 0 Å². The van der Waals surface area contributed by atoms with E-state index in [-0.39, 0.29) is 30.0 Å². The van der Waals surface area contributed by atoms with Gasteiger partial charge < -0.3 is 34.9 Å². The molecule has 2 heterocycles. The highest BCUT2D eigenvalue weighted by molar-refractivity contribution is 6.14. The second kappa shape index (κ2) is 11.3. The molecule has 232 valence electrons. The van der Waals surface area contributed by atoms with Crippen LogP contribution in [0.2, 0.25) is 0 Å². The molecule has 3 aromatic carbocycles. The number of methoxy groups -OCH3 is 1. The standard InChI is InChI=1S/C28H21F6N3O7/c1-42-21-5-2-13(26(41)37-7-6-15(38)12-37)8-17(21)25(40)36-20-11-23-22(43-28(33,34)44-23)10-16(20)24(39)35-14-3-4-19(29)18(9-14)27(30,31)32/h2-5,8-11,15,38H,6-7,12H2,1H3,(H,35,39)(H,36,40)/t15-/m1/s1. The van der Waals surface area contributed by atoms with Crippen molar-refractivity contribution >= 4 is 29.1 Å². The number of ether oxygens (including phenoxy) is 3. The van der Waals surface area contributed by atoms with Gasteiger partial charge in [-0.25, -0.2) is 4.39 Å². The molecule has 5 rings (SSSR count). The van der Waals surface area contributed by atoms with Crippen molar-refractivity contribution in [3.05, 3.63) is 76.6 Å². The number of carbonyl (C=O) groups is 3. The quantitative estimate of drug-likeness (QED) is 0.333. The Morgan fingerprint density at radius 2 is 1.66 bits per heavy atom. The minimum Gasteiger partial charge on any atom is -0.496 e. The van der Waals surface area contributed by atoms with Gasteiger partial charge in [0, 0.05) is 30.4 Å². The number of fused-ring (bicyclic) bond motifs is 1. The number of aliphatic hydroxyl groups excluding tert-OH is 1. The molecule has 3 aromatic rings. The fourth-order valence-corrected chi connectivity index (χ4v) is 4.62. The molecule has 0 radical (unpaired) electrons. The Morgan fingerprint density at radius 1 is 0.977 bits per heavy atom. The minimum absolute atomic E-state index is 0.00947. The SMILES string of the molecule is COc1ccc(C(=O)N2CC[C@@H](O)C2)cc1C(=O)Nc1cc2c(cc1C(=O)Nc1ccc(F)c(C(F)(F)F)c1)OC(F)(F)O2. The second-order valence-electron chi connectivity index (χ2n) is 9.72. The van der Waals surface area contributed by atoms with Crippen molar-refractivity contribution < 1.29 is 60.0 Å². The fourth-order valence-electron chi connectivity index (χ4n) is 4.62. The number of alkyl halides is 5. The maximum absolute atomic E-state index is 13.8. The van der Waals surface area contributed by atoms with E-state index in [2.05, 4.69) is 20.1 Å². The molecule has 1 fully saturated rings. The van der Waals surface area contributed by atoms with Gasteiger partial charge in [-0.05, 0) is 48.9 Å². The topological polar surface area (TPSA) is 126 Å². The van der Waals surface area contributed by atoms with Gasteiger partial charge in [-0.1, -0.05) is 0 Å². The predicted octanol–water partition coefficient (Wildman–Crippen LogP) is 4.89. The van der Waals surface area contributed by atoms with Gasteiger partial charge in [0.15, 0.2) is 11.5 Å². The lowest BCUT2D eigenvalue weighted by molar-refractivity contribution is -0.286. The van der Waals surface area contributed by atoms with Gasteiger partial charge in [-0.3, -0.25) is 14.4 Å². The Balaban J connectivity index is 1.48. The summed E-state index contributed by atoms with van der Waals surface area (Å²) in [5, 5.41) is 14.2. The number of hydrogen-bond acceptors (Lipinski definition) is 7. The summed E-state index contributed by atoms with van der Waals surface area (Å²) in [6.07, 6.45) is -9.53. The first-order chi connectivity index (χ1) is 20.6. The van der Waals surface area contributed by atoms with Crippen LogP contribution in [-0.4, -0.2) is 60.3 Å². The predicted molar refractivity (Wildman–Crippen MR) is 139 cm³/mol. The highest BCUT2D eigenvalue weighted by Gasteiger charge is 2.44. The zero-order chi connectivity index (χ0) is 32.0. The number of halogens is 6. The lowest BCUT2D eigenvalue weighted by Crippen LogP contribution is -2.29. The average molecular weight is 625 g/mol. The third-order valence-corrected chi connectivity index (χ3v) is 6.71. The summed E-state index contributed by atoms with van der Waals surface area (Å²) in [6, 6.07) is 7.17. The van der Waals surface area contributed by atoms with Crippen molar-refractivity contribution in [2.45, 2.75) is 25.0 Å². The summed E-state index contributed by atoms with van der Waals surface area (Å²) in [6.45, 7) is 0.373. The van der Waals surface area contributed by atoms with E-state index in [9.17, 15) is 45.8 Å². The number of β-amino-alcohol motifs (C(OH)–C–C–N with tert-alkyl or cyclic N) is 1. The lowest BCUT2D eigenvalue weighted by atomic mass is 10.1. The number of nitrogens with one attached hydrogen (secondary N) is 2. The molecule has 0 spiro atoms. The average Bonchev–Trinajstić information content (AvgIpc) is 3.52. The summed E-state index contributed by atoms with van der Waals surface area (Å²) in [5.74, 6) is -5.45. The van der Waals surface area contributed by atoms with Crippen LogP contribution in [0.1, 0.15) is 43.1 Å². The largest absolute Gasteiger partial charge is 0.586 e. The van der Waals surface area contributed by atoms with E-state index in [0.29, 0.717) is 18.6 Å². The van der Waals surface area contributed by atoms with Crippen molar-refractivity contribution in [3.63, 3.8) is 0 Å². The molecule has 1 saturated heterocycles. The van der Waals surface area contributed by atoms with E-state index in [4.69, 9.17) is 4.74 Å². The number of anilines is 2. The van der Waals surface area contributed by atoms with Gasteiger partial charge in [0.1, 0.15) is 11.6 Å². The molecule has 16 heteroatoms. The van der Waals surface area contributed by atoms with E-state index >= 15 is 0 Å². The van der Waals surface area contributed by atoms with Gasteiger partial charge in [-0.2, -0.15) is 13.2 Å². The molecule has 3 amide bonds. The fraction of sp³-hybridized carbons (Fsp3) is 0.250.